The molecule has 1 aliphatic heterocycles. The van der Waals surface area contributed by atoms with Crippen molar-refractivity contribution in [2.24, 2.45) is 5.73 Å². The second kappa shape index (κ2) is 6.05. The minimum atomic E-state index is -0.462. The summed E-state index contributed by atoms with van der Waals surface area (Å²) in [5.41, 5.74) is 8.32. The molecule has 2 rings (SSSR count). The van der Waals surface area contributed by atoms with Gasteiger partial charge in [0, 0.05) is 24.8 Å². The van der Waals surface area contributed by atoms with Crippen LogP contribution in [-0.2, 0) is 6.42 Å². The topological polar surface area (TPSA) is 38.5 Å². The van der Waals surface area contributed by atoms with Crippen molar-refractivity contribution in [1.29, 1.82) is 0 Å². The number of anilines is 1. The summed E-state index contributed by atoms with van der Waals surface area (Å²) < 4.78 is 17.4. The van der Waals surface area contributed by atoms with Gasteiger partial charge in [0.15, 0.2) is 0 Å². The van der Waals surface area contributed by atoms with Crippen LogP contribution in [0, 0.1) is 0 Å². The number of hydrogen-bond acceptors (Lipinski definition) is 3. The van der Waals surface area contributed by atoms with Crippen molar-refractivity contribution < 1.29 is 9.13 Å². The molecule has 1 aliphatic rings. The largest absolute Gasteiger partial charge is 0.491 e. The Bertz CT molecular complexity index is 391. The monoisotopic (exact) mass is 252 g/mol. The van der Waals surface area contributed by atoms with E-state index >= 15 is 0 Å². The van der Waals surface area contributed by atoms with E-state index in [0.29, 0.717) is 0 Å². The highest BCUT2D eigenvalue weighted by Crippen LogP contribution is 2.29. The van der Waals surface area contributed by atoms with Gasteiger partial charge in [-0.25, -0.2) is 4.39 Å². The van der Waals surface area contributed by atoms with Crippen molar-refractivity contribution in [3.8, 4) is 5.75 Å². The van der Waals surface area contributed by atoms with Gasteiger partial charge in [0.1, 0.15) is 19.0 Å². The maximum Gasteiger partial charge on any atom is 0.123 e. The van der Waals surface area contributed by atoms with Crippen molar-refractivity contribution >= 4 is 5.69 Å². The van der Waals surface area contributed by atoms with E-state index in [1.807, 2.05) is 19.1 Å². The minimum Gasteiger partial charge on any atom is -0.491 e. The summed E-state index contributed by atoms with van der Waals surface area (Å²) in [6.45, 7) is 3.86. The number of hydrogen-bond donors (Lipinski definition) is 1. The van der Waals surface area contributed by atoms with Gasteiger partial charge in [-0.2, -0.15) is 0 Å². The summed E-state index contributed by atoms with van der Waals surface area (Å²) in [6.07, 6.45) is 2.07. The highest BCUT2D eigenvalue weighted by molar-refractivity contribution is 5.58. The number of alkyl halides is 1. The average Bonchev–Trinajstić information content (AvgIpc) is 2.26. The SMILES string of the molecule is CC(N)Cc1cc(OCCF)ccc1N1CCC1. The standard InChI is InChI=1S/C14H21FN2O/c1-11(16)9-12-10-13(18-8-5-15)3-4-14(12)17-6-2-7-17/h3-4,10-11H,2,5-9,16H2,1H3. The smallest absolute Gasteiger partial charge is 0.123 e. The molecule has 1 fully saturated rings. The van der Waals surface area contributed by atoms with Crippen LogP contribution in [0.1, 0.15) is 18.9 Å². The van der Waals surface area contributed by atoms with Crippen LogP contribution in [0.3, 0.4) is 0 Å². The molecular formula is C14H21FN2O. The van der Waals surface area contributed by atoms with Gasteiger partial charge < -0.3 is 15.4 Å². The van der Waals surface area contributed by atoms with E-state index in [4.69, 9.17) is 10.5 Å². The third kappa shape index (κ3) is 3.13. The summed E-state index contributed by atoms with van der Waals surface area (Å²) in [5.74, 6) is 0.729. The Labute approximate surface area is 108 Å². The maximum absolute atomic E-state index is 12.1. The van der Waals surface area contributed by atoms with Crippen LogP contribution in [0.5, 0.6) is 5.75 Å². The van der Waals surface area contributed by atoms with E-state index in [9.17, 15) is 4.39 Å². The van der Waals surface area contributed by atoms with E-state index in [1.165, 1.54) is 17.7 Å². The molecule has 1 saturated heterocycles. The quantitative estimate of drug-likeness (QED) is 0.843. The lowest BCUT2D eigenvalue weighted by molar-refractivity contribution is 0.273. The molecule has 0 aromatic heterocycles. The van der Waals surface area contributed by atoms with Gasteiger partial charge in [-0.3, -0.25) is 0 Å². The molecule has 0 radical (unpaired) electrons. The van der Waals surface area contributed by atoms with Crippen LogP contribution < -0.4 is 15.4 Å². The van der Waals surface area contributed by atoms with Gasteiger partial charge in [-0.1, -0.05) is 0 Å². The van der Waals surface area contributed by atoms with Crippen molar-refractivity contribution in [1.82, 2.24) is 0 Å². The van der Waals surface area contributed by atoms with Crippen LogP contribution in [-0.4, -0.2) is 32.4 Å². The van der Waals surface area contributed by atoms with Gasteiger partial charge >= 0.3 is 0 Å². The van der Waals surface area contributed by atoms with Gasteiger partial charge in [-0.15, -0.1) is 0 Å². The molecular weight excluding hydrogens is 231 g/mol. The zero-order valence-electron chi connectivity index (χ0n) is 10.9. The number of benzene rings is 1. The molecule has 4 heteroatoms. The fourth-order valence-electron chi connectivity index (χ4n) is 2.18. The van der Waals surface area contributed by atoms with Crippen molar-refractivity contribution in [2.45, 2.75) is 25.8 Å². The second-order valence-electron chi connectivity index (χ2n) is 4.85. The Hall–Kier alpha value is -1.29. The first-order chi connectivity index (χ1) is 8.70. The first-order valence-electron chi connectivity index (χ1n) is 6.53. The van der Waals surface area contributed by atoms with Crippen molar-refractivity contribution in [3.63, 3.8) is 0 Å². The molecule has 0 aliphatic carbocycles. The highest BCUT2D eigenvalue weighted by atomic mass is 19.1. The Morgan fingerprint density at radius 1 is 1.44 bits per heavy atom. The third-order valence-electron chi connectivity index (χ3n) is 3.14. The second-order valence-corrected chi connectivity index (χ2v) is 4.85. The third-order valence-corrected chi connectivity index (χ3v) is 3.14. The van der Waals surface area contributed by atoms with Crippen molar-refractivity contribution in [2.75, 3.05) is 31.3 Å². The first-order valence-corrected chi connectivity index (χ1v) is 6.53. The lowest BCUT2D eigenvalue weighted by Crippen LogP contribution is -2.38. The number of ether oxygens (including phenoxy) is 1. The molecule has 0 spiro atoms. The molecule has 1 atom stereocenters. The van der Waals surface area contributed by atoms with Crippen LogP contribution in [0.25, 0.3) is 0 Å². The van der Waals surface area contributed by atoms with E-state index < -0.39 is 6.67 Å². The zero-order chi connectivity index (χ0) is 13.0. The molecule has 3 nitrogen and oxygen atoms in total. The fourth-order valence-corrected chi connectivity index (χ4v) is 2.18. The molecule has 1 aromatic carbocycles. The predicted molar refractivity (Wildman–Crippen MR) is 72.1 cm³/mol. The molecule has 1 unspecified atom stereocenters. The highest BCUT2D eigenvalue weighted by Gasteiger charge is 2.18. The summed E-state index contributed by atoms with van der Waals surface area (Å²) in [5, 5.41) is 0. The molecule has 0 bridgehead atoms. The summed E-state index contributed by atoms with van der Waals surface area (Å²) >= 11 is 0. The lowest BCUT2D eigenvalue weighted by atomic mass is 10.0. The predicted octanol–water partition coefficient (Wildman–Crippen LogP) is 2.13. The van der Waals surface area contributed by atoms with Gasteiger partial charge in [0.05, 0.1) is 0 Å². The number of nitrogens with two attached hydrogens (primary N) is 1. The van der Waals surface area contributed by atoms with Crippen LogP contribution in [0.4, 0.5) is 10.1 Å². The van der Waals surface area contributed by atoms with Crippen LogP contribution in [0.2, 0.25) is 0 Å². The normalized spacial score (nSPS) is 16.3. The van der Waals surface area contributed by atoms with E-state index in [2.05, 4.69) is 11.0 Å². The zero-order valence-corrected chi connectivity index (χ0v) is 10.9. The fraction of sp³-hybridized carbons (Fsp3) is 0.571. The minimum absolute atomic E-state index is 0.112. The van der Waals surface area contributed by atoms with Crippen LogP contribution in [0.15, 0.2) is 18.2 Å². The van der Waals surface area contributed by atoms with Gasteiger partial charge in [0.2, 0.25) is 0 Å². The summed E-state index contributed by atoms with van der Waals surface area (Å²) in [4.78, 5) is 2.34. The van der Waals surface area contributed by atoms with Crippen LogP contribution >= 0.6 is 0 Å². The summed E-state index contributed by atoms with van der Waals surface area (Å²) in [6, 6.07) is 6.08. The van der Waals surface area contributed by atoms with E-state index in [1.54, 1.807) is 0 Å². The molecule has 18 heavy (non-hydrogen) atoms. The molecule has 2 N–H and O–H groups in total. The molecule has 100 valence electrons. The van der Waals surface area contributed by atoms with E-state index in [0.717, 1.165) is 25.3 Å². The number of nitrogens with zero attached hydrogens (tertiary/aromatic N) is 1. The molecule has 0 saturated carbocycles. The number of halogens is 1. The van der Waals surface area contributed by atoms with Crippen molar-refractivity contribution in [3.05, 3.63) is 23.8 Å². The Kier molecular flexibility index (Phi) is 4.42. The number of rotatable bonds is 6. The lowest BCUT2D eigenvalue weighted by Gasteiger charge is -2.35. The van der Waals surface area contributed by atoms with E-state index in [-0.39, 0.29) is 12.6 Å². The molecule has 1 heterocycles. The average molecular weight is 252 g/mol. The van der Waals surface area contributed by atoms with Gasteiger partial charge in [0.25, 0.3) is 0 Å². The maximum atomic E-state index is 12.1. The molecule has 0 amide bonds. The first kappa shape index (κ1) is 13.1. The Morgan fingerprint density at radius 2 is 2.22 bits per heavy atom. The Morgan fingerprint density at radius 3 is 2.78 bits per heavy atom. The van der Waals surface area contributed by atoms with Gasteiger partial charge in [-0.05, 0) is 43.5 Å². The summed E-state index contributed by atoms with van der Waals surface area (Å²) in [7, 11) is 0. The Balaban J connectivity index is 2.17. The molecule has 1 aromatic rings.